The molecule has 118 valence electrons. The lowest BCUT2D eigenvalue weighted by Crippen LogP contribution is -2.46. The predicted octanol–water partition coefficient (Wildman–Crippen LogP) is 1.53. The Labute approximate surface area is 137 Å². The van der Waals surface area contributed by atoms with Crippen molar-refractivity contribution in [1.29, 1.82) is 0 Å². The first-order valence-corrected chi connectivity index (χ1v) is 8.12. The van der Waals surface area contributed by atoms with Gasteiger partial charge in [0.2, 0.25) is 5.91 Å². The van der Waals surface area contributed by atoms with Crippen LogP contribution in [0.15, 0.2) is 29.2 Å². The SMILES string of the molecule is Cc1ccc(SCC(=O)NCCN2CCNCC2)cc1.Cl. The van der Waals surface area contributed by atoms with E-state index < -0.39 is 0 Å². The molecule has 1 aromatic carbocycles. The maximum atomic E-state index is 11.8. The average Bonchev–Trinajstić information content (AvgIpc) is 2.48. The molecule has 0 saturated carbocycles. The van der Waals surface area contributed by atoms with Crippen LogP contribution < -0.4 is 10.6 Å². The molecular weight excluding hydrogens is 306 g/mol. The summed E-state index contributed by atoms with van der Waals surface area (Å²) in [6.45, 7) is 8.02. The zero-order chi connectivity index (χ0) is 14.2. The van der Waals surface area contributed by atoms with Gasteiger partial charge in [0.05, 0.1) is 5.75 Å². The van der Waals surface area contributed by atoms with Crippen LogP contribution in [0.5, 0.6) is 0 Å². The summed E-state index contributed by atoms with van der Waals surface area (Å²) in [5, 5.41) is 6.31. The zero-order valence-corrected chi connectivity index (χ0v) is 14.1. The molecule has 1 aromatic rings. The van der Waals surface area contributed by atoms with E-state index in [9.17, 15) is 4.79 Å². The van der Waals surface area contributed by atoms with Crippen LogP contribution in [0.1, 0.15) is 5.56 Å². The fourth-order valence-electron chi connectivity index (χ4n) is 2.12. The van der Waals surface area contributed by atoms with Gasteiger partial charge in [0.25, 0.3) is 0 Å². The first-order valence-electron chi connectivity index (χ1n) is 7.13. The van der Waals surface area contributed by atoms with Crippen LogP contribution >= 0.6 is 24.2 Å². The molecule has 0 bridgehead atoms. The van der Waals surface area contributed by atoms with Gasteiger partial charge in [-0.2, -0.15) is 0 Å². The Morgan fingerprint density at radius 1 is 1.29 bits per heavy atom. The zero-order valence-electron chi connectivity index (χ0n) is 12.4. The van der Waals surface area contributed by atoms with Gasteiger partial charge in [0.15, 0.2) is 0 Å². The largest absolute Gasteiger partial charge is 0.354 e. The minimum atomic E-state index is 0. The number of nitrogens with zero attached hydrogens (tertiary/aromatic N) is 1. The molecule has 2 rings (SSSR count). The number of thioether (sulfide) groups is 1. The summed E-state index contributed by atoms with van der Waals surface area (Å²) in [6, 6.07) is 8.28. The number of piperazine rings is 1. The number of carbonyl (C=O) groups is 1. The lowest BCUT2D eigenvalue weighted by Gasteiger charge is -2.27. The molecule has 6 heteroatoms. The molecule has 1 aliphatic heterocycles. The van der Waals surface area contributed by atoms with Crippen LogP contribution in [-0.4, -0.2) is 55.8 Å². The number of rotatable bonds is 6. The Balaban J connectivity index is 0.00000220. The smallest absolute Gasteiger partial charge is 0.230 e. The van der Waals surface area contributed by atoms with Crippen LogP contribution in [0.2, 0.25) is 0 Å². The van der Waals surface area contributed by atoms with E-state index >= 15 is 0 Å². The molecule has 0 spiro atoms. The number of hydrogen-bond donors (Lipinski definition) is 2. The number of nitrogens with one attached hydrogen (secondary N) is 2. The molecule has 0 aliphatic carbocycles. The molecule has 4 nitrogen and oxygen atoms in total. The highest BCUT2D eigenvalue weighted by molar-refractivity contribution is 8.00. The van der Waals surface area contributed by atoms with Crippen LogP contribution in [0, 0.1) is 6.92 Å². The summed E-state index contributed by atoms with van der Waals surface area (Å²) < 4.78 is 0. The molecule has 21 heavy (non-hydrogen) atoms. The summed E-state index contributed by atoms with van der Waals surface area (Å²) >= 11 is 1.59. The van der Waals surface area contributed by atoms with Gasteiger partial charge in [0, 0.05) is 44.2 Å². The van der Waals surface area contributed by atoms with Gasteiger partial charge in [-0.1, -0.05) is 17.7 Å². The summed E-state index contributed by atoms with van der Waals surface area (Å²) in [4.78, 5) is 15.3. The normalized spacial score (nSPS) is 15.3. The Kier molecular flexibility index (Phi) is 8.76. The molecule has 0 aromatic heterocycles. The van der Waals surface area contributed by atoms with Crippen LogP contribution in [0.25, 0.3) is 0 Å². The Bertz CT molecular complexity index is 421. The van der Waals surface area contributed by atoms with Gasteiger partial charge in [0.1, 0.15) is 0 Å². The molecular formula is C15H24ClN3OS. The second-order valence-corrected chi connectivity index (χ2v) is 6.09. The van der Waals surface area contributed by atoms with E-state index in [0.29, 0.717) is 5.75 Å². The average molecular weight is 330 g/mol. The van der Waals surface area contributed by atoms with E-state index in [1.807, 2.05) is 0 Å². The first kappa shape index (κ1) is 18.3. The highest BCUT2D eigenvalue weighted by Gasteiger charge is 2.09. The van der Waals surface area contributed by atoms with Crippen molar-refractivity contribution >= 4 is 30.1 Å². The topological polar surface area (TPSA) is 44.4 Å². The highest BCUT2D eigenvalue weighted by Crippen LogP contribution is 2.17. The monoisotopic (exact) mass is 329 g/mol. The van der Waals surface area contributed by atoms with Crippen molar-refractivity contribution < 1.29 is 4.79 Å². The minimum absolute atomic E-state index is 0. The van der Waals surface area contributed by atoms with Crippen molar-refractivity contribution in [2.45, 2.75) is 11.8 Å². The third-order valence-electron chi connectivity index (χ3n) is 3.35. The molecule has 1 saturated heterocycles. The molecule has 0 atom stereocenters. The standard InChI is InChI=1S/C15H23N3OS.ClH/c1-13-2-4-14(5-3-13)20-12-15(19)17-8-11-18-9-6-16-7-10-18;/h2-5,16H,6-12H2,1H3,(H,17,19);1H. The van der Waals surface area contributed by atoms with Gasteiger partial charge in [-0.3, -0.25) is 9.69 Å². The molecule has 0 radical (unpaired) electrons. The van der Waals surface area contributed by atoms with Crippen molar-refractivity contribution in [3.05, 3.63) is 29.8 Å². The summed E-state index contributed by atoms with van der Waals surface area (Å²) in [5.41, 5.74) is 1.25. The maximum absolute atomic E-state index is 11.8. The summed E-state index contributed by atoms with van der Waals surface area (Å²) in [6.07, 6.45) is 0. The van der Waals surface area contributed by atoms with Gasteiger partial charge in [-0.25, -0.2) is 0 Å². The molecule has 2 N–H and O–H groups in total. The predicted molar refractivity (Wildman–Crippen MR) is 91.5 cm³/mol. The number of benzene rings is 1. The van der Waals surface area contributed by atoms with Crippen LogP contribution in [0.3, 0.4) is 0 Å². The number of carbonyl (C=O) groups excluding carboxylic acids is 1. The Morgan fingerprint density at radius 2 is 1.95 bits per heavy atom. The highest BCUT2D eigenvalue weighted by atomic mass is 35.5. The summed E-state index contributed by atoms with van der Waals surface area (Å²) in [7, 11) is 0. The quantitative estimate of drug-likeness (QED) is 0.777. The number of aryl methyl sites for hydroxylation is 1. The second kappa shape index (κ2) is 10.1. The minimum Gasteiger partial charge on any atom is -0.354 e. The van der Waals surface area contributed by atoms with E-state index in [-0.39, 0.29) is 18.3 Å². The van der Waals surface area contributed by atoms with Gasteiger partial charge in [-0.15, -0.1) is 24.2 Å². The van der Waals surface area contributed by atoms with Crippen molar-refractivity contribution in [1.82, 2.24) is 15.5 Å². The number of hydrogen-bond acceptors (Lipinski definition) is 4. The number of halogens is 1. The lowest BCUT2D eigenvalue weighted by atomic mass is 10.2. The van der Waals surface area contributed by atoms with E-state index in [2.05, 4.69) is 46.7 Å². The van der Waals surface area contributed by atoms with Crippen molar-refractivity contribution in [2.24, 2.45) is 0 Å². The van der Waals surface area contributed by atoms with Crippen LogP contribution in [-0.2, 0) is 4.79 Å². The van der Waals surface area contributed by atoms with E-state index in [4.69, 9.17) is 0 Å². The number of amides is 1. The van der Waals surface area contributed by atoms with Gasteiger partial charge < -0.3 is 10.6 Å². The van der Waals surface area contributed by atoms with Gasteiger partial charge >= 0.3 is 0 Å². The maximum Gasteiger partial charge on any atom is 0.230 e. The third-order valence-corrected chi connectivity index (χ3v) is 4.36. The van der Waals surface area contributed by atoms with Crippen molar-refractivity contribution in [3.8, 4) is 0 Å². The summed E-state index contributed by atoms with van der Waals surface area (Å²) in [5.74, 6) is 0.607. The molecule has 1 amide bonds. The molecule has 1 fully saturated rings. The van der Waals surface area contributed by atoms with Crippen molar-refractivity contribution in [2.75, 3.05) is 45.0 Å². The molecule has 1 heterocycles. The second-order valence-electron chi connectivity index (χ2n) is 5.04. The van der Waals surface area contributed by atoms with E-state index in [0.717, 1.165) is 44.2 Å². The third kappa shape index (κ3) is 7.18. The van der Waals surface area contributed by atoms with Crippen molar-refractivity contribution in [3.63, 3.8) is 0 Å². The lowest BCUT2D eigenvalue weighted by molar-refractivity contribution is -0.118. The Hall–Kier alpha value is -0.750. The van der Waals surface area contributed by atoms with E-state index in [1.54, 1.807) is 11.8 Å². The molecule has 0 unspecified atom stereocenters. The first-order chi connectivity index (χ1) is 9.74. The fraction of sp³-hybridized carbons (Fsp3) is 0.533. The van der Waals surface area contributed by atoms with Crippen LogP contribution in [0.4, 0.5) is 0 Å². The Morgan fingerprint density at radius 3 is 2.62 bits per heavy atom. The molecule has 1 aliphatic rings. The fourth-order valence-corrected chi connectivity index (χ4v) is 2.85. The van der Waals surface area contributed by atoms with Gasteiger partial charge in [-0.05, 0) is 19.1 Å². The van der Waals surface area contributed by atoms with E-state index in [1.165, 1.54) is 5.56 Å².